The van der Waals surface area contributed by atoms with Crippen LogP contribution in [0.5, 0.6) is 0 Å². The van der Waals surface area contributed by atoms with Crippen LogP contribution < -0.4 is 0 Å². The topological polar surface area (TPSA) is 4.36 Å². The van der Waals surface area contributed by atoms with E-state index < -0.39 is 17.3 Å². The molecule has 1 aliphatic carbocycles. The molecule has 1 saturated carbocycles. The molecule has 0 aromatic heterocycles. The summed E-state index contributed by atoms with van der Waals surface area (Å²) in [7, 11) is 0. The SMILES string of the molecule is [C-]#[N+]c1c(F)ccc(-c2cccc(CC3(C)CCCCC3)c2)c1F. The van der Waals surface area contributed by atoms with Crippen LogP contribution in [-0.2, 0) is 6.42 Å². The van der Waals surface area contributed by atoms with Crippen molar-refractivity contribution >= 4 is 5.69 Å². The highest BCUT2D eigenvalue weighted by Gasteiger charge is 2.27. The molecule has 0 bridgehead atoms. The van der Waals surface area contributed by atoms with Crippen LogP contribution >= 0.6 is 0 Å². The first-order valence-electron chi connectivity index (χ1n) is 8.47. The van der Waals surface area contributed by atoms with Crippen LogP contribution in [0.1, 0.15) is 44.6 Å². The fourth-order valence-corrected chi connectivity index (χ4v) is 3.79. The number of rotatable bonds is 3. The van der Waals surface area contributed by atoms with Crippen LogP contribution in [0.2, 0.25) is 0 Å². The van der Waals surface area contributed by atoms with Crippen molar-refractivity contribution in [2.75, 3.05) is 0 Å². The Balaban J connectivity index is 1.93. The molecule has 1 nitrogen and oxygen atoms in total. The first-order valence-corrected chi connectivity index (χ1v) is 8.47. The van der Waals surface area contributed by atoms with E-state index in [0.29, 0.717) is 11.0 Å². The second-order valence-electron chi connectivity index (χ2n) is 7.12. The van der Waals surface area contributed by atoms with Crippen molar-refractivity contribution in [1.29, 1.82) is 0 Å². The Bertz CT molecular complexity index is 783. The summed E-state index contributed by atoms with van der Waals surface area (Å²) >= 11 is 0. The molecule has 3 rings (SSSR count). The van der Waals surface area contributed by atoms with Crippen molar-refractivity contribution in [1.82, 2.24) is 0 Å². The van der Waals surface area contributed by atoms with Crippen LogP contribution in [-0.4, -0.2) is 0 Å². The van der Waals surface area contributed by atoms with E-state index in [1.807, 2.05) is 18.2 Å². The number of hydrogen-bond acceptors (Lipinski definition) is 0. The Morgan fingerprint density at radius 1 is 1.08 bits per heavy atom. The van der Waals surface area contributed by atoms with Gasteiger partial charge in [-0.05, 0) is 41.9 Å². The van der Waals surface area contributed by atoms with Gasteiger partial charge in [0.05, 0.1) is 6.57 Å². The van der Waals surface area contributed by atoms with Gasteiger partial charge in [-0.15, -0.1) is 0 Å². The minimum absolute atomic E-state index is 0.290. The van der Waals surface area contributed by atoms with Gasteiger partial charge in [0.25, 0.3) is 5.69 Å². The highest BCUT2D eigenvalue weighted by atomic mass is 19.1. The molecule has 0 radical (unpaired) electrons. The van der Waals surface area contributed by atoms with Crippen molar-refractivity contribution in [2.45, 2.75) is 45.4 Å². The average Bonchev–Trinajstić information content (AvgIpc) is 2.56. The van der Waals surface area contributed by atoms with E-state index in [1.54, 1.807) is 0 Å². The van der Waals surface area contributed by atoms with E-state index in [0.717, 1.165) is 6.42 Å². The molecule has 2 aromatic rings. The van der Waals surface area contributed by atoms with E-state index in [2.05, 4.69) is 17.8 Å². The van der Waals surface area contributed by atoms with Gasteiger partial charge in [0.2, 0.25) is 0 Å². The van der Waals surface area contributed by atoms with Crippen LogP contribution in [0.15, 0.2) is 36.4 Å². The van der Waals surface area contributed by atoms with Crippen molar-refractivity contribution in [2.24, 2.45) is 5.41 Å². The lowest BCUT2D eigenvalue weighted by Crippen LogP contribution is -2.22. The smallest absolute Gasteiger partial charge is 0.232 e. The second-order valence-corrected chi connectivity index (χ2v) is 7.12. The maximum atomic E-state index is 14.4. The van der Waals surface area contributed by atoms with Crippen LogP contribution in [0.4, 0.5) is 14.5 Å². The van der Waals surface area contributed by atoms with Gasteiger partial charge in [0.1, 0.15) is 11.6 Å². The molecule has 0 spiro atoms. The summed E-state index contributed by atoms with van der Waals surface area (Å²) < 4.78 is 28.0. The minimum Gasteiger partial charge on any atom is -0.232 e. The standard InChI is InChI=1S/C21H21F2N/c1-21(11-4-3-5-12-21)14-15-7-6-8-16(13-15)17-9-10-18(22)20(24-2)19(17)23/h6-10,13H,3-5,11-12,14H2,1H3. The Hall–Kier alpha value is -2.21. The molecule has 124 valence electrons. The quantitative estimate of drug-likeness (QED) is 0.553. The fraction of sp³-hybridized carbons (Fsp3) is 0.381. The summed E-state index contributed by atoms with van der Waals surface area (Å²) in [6.07, 6.45) is 7.29. The molecule has 0 amide bonds. The van der Waals surface area contributed by atoms with E-state index in [9.17, 15) is 8.78 Å². The Morgan fingerprint density at radius 2 is 1.83 bits per heavy atom. The summed E-state index contributed by atoms with van der Waals surface area (Å²) in [6.45, 7) is 9.30. The summed E-state index contributed by atoms with van der Waals surface area (Å²) in [4.78, 5) is 2.98. The highest BCUT2D eigenvalue weighted by Crippen LogP contribution is 2.39. The average molecular weight is 325 g/mol. The van der Waals surface area contributed by atoms with Crippen molar-refractivity contribution < 1.29 is 8.78 Å². The molecule has 0 saturated heterocycles. The summed E-state index contributed by atoms with van der Waals surface area (Å²) in [6, 6.07) is 10.4. The van der Waals surface area contributed by atoms with Gasteiger partial charge in [-0.2, -0.15) is 0 Å². The molecule has 1 aliphatic rings. The van der Waals surface area contributed by atoms with Gasteiger partial charge in [-0.3, -0.25) is 0 Å². The number of nitrogens with zero attached hydrogens (tertiary/aromatic N) is 1. The largest absolute Gasteiger partial charge is 0.257 e. The minimum atomic E-state index is -0.808. The third-order valence-electron chi connectivity index (χ3n) is 5.11. The fourth-order valence-electron chi connectivity index (χ4n) is 3.79. The summed E-state index contributed by atoms with van der Waals surface area (Å²) in [5.41, 5.74) is 1.94. The van der Waals surface area contributed by atoms with Crippen molar-refractivity contribution in [3.63, 3.8) is 0 Å². The third kappa shape index (κ3) is 3.33. The molecule has 2 aromatic carbocycles. The lowest BCUT2D eigenvalue weighted by molar-refractivity contribution is 0.215. The van der Waals surface area contributed by atoms with Crippen LogP contribution in [0.25, 0.3) is 16.0 Å². The zero-order chi connectivity index (χ0) is 17.2. The number of halogens is 2. The molecule has 0 heterocycles. The number of hydrogen-bond donors (Lipinski definition) is 0. The predicted octanol–water partition coefficient (Wildman–Crippen LogP) is 6.70. The Morgan fingerprint density at radius 3 is 2.54 bits per heavy atom. The molecule has 0 unspecified atom stereocenters. The maximum Gasteiger partial charge on any atom is 0.257 e. The third-order valence-corrected chi connectivity index (χ3v) is 5.11. The van der Waals surface area contributed by atoms with Gasteiger partial charge in [-0.1, -0.05) is 56.5 Å². The molecular weight excluding hydrogens is 304 g/mol. The lowest BCUT2D eigenvalue weighted by atomic mass is 9.72. The molecule has 24 heavy (non-hydrogen) atoms. The summed E-state index contributed by atoms with van der Waals surface area (Å²) in [5.74, 6) is -1.58. The molecule has 0 atom stereocenters. The van der Waals surface area contributed by atoms with Crippen LogP contribution in [0.3, 0.4) is 0 Å². The molecule has 0 aliphatic heterocycles. The van der Waals surface area contributed by atoms with Gasteiger partial charge < -0.3 is 0 Å². The molecule has 3 heteroatoms. The van der Waals surface area contributed by atoms with Gasteiger partial charge in [0.15, 0.2) is 0 Å². The van der Waals surface area contributed by atoms with Gasteiger partial charge in [-0.25, -0.2) is 13.6 Å². The van der Waals surface area contributed by atoms with Crippen molar-refractivity contribution in [3.8, 4) is 11.1 Å². The first-order chi connectivity index (χ1) is 11.5. The summed E-state index contributed by atoms with van der Waals surface area (Å²) in [5, 5.41) is 0. The predicted molar refractivity (Wildman–Crippen MR) is 93.0 cm³/mol. The normalized spacial score (nSPS) is 16.6. The van der Waals surface area contributed by atoms with Crippen molar-refractivity contribution in [3.05, 3.63) is 65.0 Å². The first kappa shape index (κ1) is 16.6. The second kappa shape index (κ2) is 6.73. The Labute approximate surface area is 142 Å². The van der Waals surface area contributed by atoms with E-state index >= 15 is 0 Å². The van der Waals surface area contributed by atoms with Gasteiger partial charge >= 0.3 is 0 Å². The van der Waals surface area contributed by atoms with E-state index in [1.165, 1.54) is 49.8 Å². The number of benzene rings is 2. The molecule has 0 N–H and O–H groups in total. The monoisotopic (exact) mass is 325 g/mol. The zero-order valence-corrected chi connectivity index (χ0v) is 13.9. The molecule has 1 fully saturated rings. The maximum absolute atomic E-state index is 14.4. The Kier molecular flexibility index (Phi) is 4.66. The van der Waals surface area contributed by atoms with Crippen LogP contribution in [0, 0.1) is 23.6 Å². The van der Waals surface area contributed by atoms with Gasteiger partial charge in [0, 0.05) is 5.56 Å². The lowest BCUT2D eigenvalue weighted by Gasteiger charge is -2.33. The van der Waals surface area contributed by atoms with E-state index in [-0.39, 0.29) is 5.56 Å². The molecular formula is C21H21F2N. The zero-order valence-electron chi connectivity index (χ0n) is 13.9. The van der Waals surface area contributed by atoms with E-state index in [4.69, 9.17) is 6.57 Å². The highest BCUT2D eigenvalue weighted by molar-refractivity contribution is 5.70.